The van der Waals surface area contributed by atoms with Crippen LogP contribution in [0, 0.1) is 0 Å². The van der Waals surface area contributed by atoms with Crippen LogP contribution in [0.4, 0.5) is 0 Å². The predicted molar refractivity (Wildman–Crippen MR) is 151 cm³/mol. The van der Waals surface area contributed by atoms with E-state index in [-0.39, 0.29) is 23.9 Å². The summed E-state index contributed by atoms with van der Waals surface area (Å²) >= 11 is 0. The van der Waals surface area contributed by atoms with Gasteiger partial charge in [0, 0.05) is 54.1 Å². The number of allylic oxidation sites excluding steroid dienone is 3. The van der Waals surface area contributed by atoms with E-state index in [0.717, 1.165) is 22.0 Å². The number of fused-ring (bicyclic) bond motifs is 1. The lowest BCUT2D eigenvalue weighted by atomic mass is 9.98. The second-order valence-corrected chi connectivity index (χ2v) is 11.9. The second-order valence-electron chi connectivity index (χ2n) is 9.62. The Bertz CT molecular complexity index is 1700. The number of carbonyl (C=O) groups is 2. The molecular formula is C29H29N5O4S. The number of carbonyl (C=O) groups excluding carboxylic acids is 2. The molecule has 39 heavy (non-hydrogen) atoms. The molecule has 2 aromatic heterocycles. The SMILES string of the molecule is CS(=O)(=O)CCNCc1ccc2[nH]c(C3=CC(NC(=O)c4cnn(Cc5ccccc5)c4)=CCC3=O)cc2c1. The number of nitrogens with zero attached hydrogens (tertiary/aromatic N) is 2. The van der Waals surface area contributed by atoms with Gasteiger partial charge in [0.1, 0.15) is 9.84 Å². The standard InChI is InChI=1S/C29H29N5O4S/c1-39(37,38)12-11-30-16-21-7-9-26-22(13-21)14-27(33-26)25-15-24(8-10-28(25)35)32-29(36)23-17-31-34(19-23)18-20-5-3-2-4-6-20/h2-9,13-15,17,19,30,33H,10-12,16,18H2,1H3,(H,32,36). The van der Waals surface area contributed by atoms with Gasteiger partial charge < -0.3 is 15.6 Å². The zero-order valence-corrected chi connectivity index (χ0v) is 22.3. The summed E-state index contributed by atoms with van der Waals surface area (Å²) in [6.07, 6.45) is 8.03. The number of aromatic nitrogens is 3. The van der Waals surface area contributed by atoms with Crippen molar-refractivity contribution in [3.8, 4) is 0 Å². The van der Waals surface area contributed by atoms with Gasteiger partial charge in [0.25, 0.3) is 5.91 Å². The number of amides is 1. The summed E-state index contributed by atoms with van der Waals surface area (Å²) in [6.45, 7) is 1.48. The van der Waals surface area contributed by atoms with Crippen molar-refractivity contribution in [1.29, 1.82) is 0 Å². The smallest absolute Gasteiger partial charge is 0.258 e. The first-order valence-electron chi connectivity index (χ1n) is 12.6. The van der Waals surface area contributed by atoms with Crippen LogP contribution < -0.4 is 10.6 Å². The number of Topliss-reactive ketones (excluding diaryl/α,β-unsaturated/α-hetero) is 1. The van der Waals surface area contributed by atoms with Gasteiger partial charge in [-0.25, -0.2) is 8.42 Å². The highest BCUT2D eigenvalue weighted by Gasteiger charge is 2.20. The van der Waals surface area contributed by atoms with E-state index in [4.69, 9.17) is 0 Å². The van der Waals surface area contributed by atoms with E-state index in [2.05, 4.69) is 20.7 Å². The molecule has 5 rings (SSSR count). The van der Waals surface area contributed by atoms with Gasteiger partial charge in [-0.15, -0.1) is 0 Å². The van der Waals surface area contributed by atoms with Crippen LogP contribution in [0.15, 0.2) is 84.8 Å². The molecule has 9 nitrogen and oxygen atoms in total. The van der Waals surface area contributed by atoms with Crippen LogP contribution >= 0.6 is 0 Å². The Morgan fingerprint density at radius 1 is 1.10 bits per heavy atom. The van der Waals surface area contributed by atoms with Crippen LogP contribution in [0.1, 0.15) is 33.6 Å². The Morgan fingerprint density at radius 2 is 1.92 bits per heavy atom. The summed E-state index contributed by atoms with van der Waals surface area (Å²) in [4.78, 5) is 28.9. The third-order valence-corrected chi connectivity index (χ3v) is 7.35. The van der Waals surface area contributed by atoms with Crippen molar-refractivity contribution in [2.75, 3.05) is 18.6 Å². The number of H-pyrrole nitrogens is 1. The van der Waals surface area contributed by atoms with Crippen molar-refractivity contribution in [2.45, 2.75) is 19.5 Å². The lowest BCUT2D eigenvalue weighted by Crippen LogP contribution is -2.23. The van der Waals surface area contributed by atoms with Gasteiger partial charge in [0.2, 0.25) is 0 Å². The van der Waals surface area contributed by atoms with Crippen LogP contribution in [0.5, 0.6) is 0 Å². The van der Waals surface area contributed by atoms with Gasteiger partial charge in [-0.05, 0) is 35.4 Å². The van der Waals surface area contributed by atoms with Crippen LogP contribution in [0.2, 0.25) is 0 Å². The lowest BCUT2D eigenvalue weighted by Gasteiger charge is -2.13. The third kappa shape index (κ3) is 6.78. The fourth-order valence-electron chi connectivity index (χ4n) is 4.39. The van der Waals surface area contributed by atoms with Crippen molar-refractivity contribution in [2.24, 2.45) is 0 Å². The summed E-state index contributed by atoms with van der Waals surface area (Å²) in [5, 5.41) is 11.3. The summed E-state index contributed by atoms with van der Waals surface area (Å²) in [7, 11) is -3.01. The highest BCUT2D eigenvalue weighted by molar-refractivity contribution is 7.90. The van der Waals surface area contributed by atoms with E-state index in [1.54, 1.807) is 23.0 Å². The highest BCUT2D eigenvalue weighted by Crippen LogP contribution is 2.27. The van der Waals surface area contributed by atoms with Crippen molar-refractivity contribution < 1.29 is 18.0 Å². The Balaban J connectivity index is 1.26. The molecule has 2 heterocycles. The topological polar surface area (TPSA) is 126 Å². The van der Waals surface area contributed by atoms with E-state index in [1.165, 1.54) is 12.5 Å². The summed E-state index contributed by atoms with van der Waals surface area (Å²) in [5.41, 5.74) is 5.13. The number of hydrogen-bond acceptors (Lipinski definition) is 6. The molecule has 0 bridgehead atoms. The Morgan fingerprint density at radius 3 is 2.72 bits per heavy atom. The van der Waals surface area contributed by atoms with Gasteiger partial charge >= 0.3 is 0 Å². The van der Waals surface area contributed by atoms with Crippen molar-refractivity contribution in [3.05, 3.63) is 107 Å². The Kier molecular flexibility index (Phi) is 7.58. The molecule has 1 amide bonds. The summed E-state index contributed by atoms with van der Waals surface area (Å²) in [6, 6.07) is 17.7. The van der Waals surface area contributed by atoms with E-state index in [9.17, 15) is 18.0 Å². The molecule has 10 heteroatoms. The van der Waals surface area contributed by atoms with Crippen molar-refractivity contribution in [3.63, 3.8) is 0 Å². The molecule has 200 valence electrons. The number of hydrogen-bond donors (Lipinski definition) is 3. The van der Waals surface area contributed by atoms with Gasteiger partial charge in [0.05, 0.1) is 29.8 Å². The molecule has 0 unspecified atom stereocenters. The molecule has 0 radical (unpaired) electrons. The first-order valence-corrected chi connectivity index (χ1v) is 14.6. The van der Waals surface area contributed by atoms with Gasteiger partial charge in [-0.1, -0.05) is 42.5 Å². The van der Waals surface area contributed by atoms with Crippen LogP contribution in [-0.2, 0) is 27.7 Å². The molecule has 0 atom stereocenters. The fraction of sp³-hybridized carbons (Fsp3) is 0.207. The normalized spacial score (nSPS) is 13.8. The zero-order valence-electron chi connectivity index (χ0n) is 21.5. The minimum atomic E-state index is -3.01. The lowest BCUT2D eigenvalue weighted by molar-refractivity contribution is -0.113. The molecule has 0 aliphatic heterocycles. The first kappa shape index (κ1) is 26.3. The molecule has 0 saturated carbocycles. The molecule has 3 N–H and O–H groups in total. The number of ketones is 1. The third-order valence-electron chi connectivity index (χ3n) is 6.40. The second kappa shape index (κ2) is 11.2. The van der Waals surface area contributed by atoms with Crippen molar-refractivity contribution in [1.82, 2.24) is 25.4 Å². The minimum absolute atomic E-state index is 0.0436. The number of benzene rings is 2. The van der Waals surface area contributed by atoms with Crippen molar-refractivity contribution >= 4 is 38.0 Å². The monoisotopic (exact) mass is 543 g/mol. The number of rotatable bonds is 10. The molecule has 2 aromatic carbocycles. The Hall–Kier alpha value is -4.28. The number of sulfone groups is 1. The molecular weight excluding hydrogens is 514 g/mol. The Labute approximate surface area is 226 Å². The van der Waals surface area contributed by atoms with E-state index < -0.39 is 9.84 Å². The highest BCUT2D eigenvalue weighted by atomic mass is 32.2. The molecule has 0 saturated heterocycles. The van der Waals surface area contributed by atoms with E-state index >= 15 is 0 Å². The molecule has 1 aliphatic carbocycles. The number of aromatic amines is 1. The summed E-state index contributed by atoms with van der Waals surface area (Å²) < 4.78 is 24.3. The molecule has 4 aromatic rings. The average molecular weight is 544 g/mol. The van der Waals surface area contributed by atoms with Crippen LogP contribution in [0.3, 0.4) is 0 Å². The molecule has 0 spiro atoms. The van der Waals surface area contributed by atoms with E-state index in [1.807, 2.05) is 54.6 Å². The maximum Gasteiger partial charge on any atom is 0.258 e. The van der Waals surface area contributed by atoms with Gasteiger partial charge in [-0.2, -0.15) is 5.10 Å². The van der Waals surface area contributed by atoms with Crippen LogP contribution in [0.25, 0.3) is 16.5 Å². The first-order chi connectivity index (χ1) is 18.7. The quantitative estimate of drug-likeness (QED) is 0.264. The van der Waals surface area contributed by atoms with Crippen LogP contribution in [-0.4, -0.2) is 53.4 Å². The maximum absolute atomic E-state index is 12.9. The number of nitrogens with one attached hydrogen (secondary N) is 3. The van der Waals surface area contributed by atoms with E-state index in [0.29, 0.717) is 42.2 Å². The largest absolute Gasteiger partial charge is 0.354 e. The molecule has 0 fully saturated rings. The fourth-order valence-corrected chi connectivity index (χ4v) is 4.91. The minimum Gasteiger partial charge on any atom is -0.354 e. The van der Waals surface area contributed by atoms with Gasteiger partial charge in [0.15, 0.2) is 5.78 Å². The predicted octanol–water partition coefficient (Wildman–Crippen LogP) is 3.22. The average Bonchev–Trinajstić information content (AvgIpc) is 3.55. The summed E-state index contributed by atoms with van der Waals surface area (Å²) in [5.74, 6) is -0.254. The maximum atomic E-state index is 12.9. The molecule has 1 aliphatic rings. The zero-order chi connectivity index (χ0) is 27.4. The van der Waals surface area contributed by atoms with Gasteiger partial charge in [-0.3, -0.25) is 14.3 Å².